The number of hydrogen-bond donors (Lipinski definition) is 7. The summed E-state index contributed by atoms with van der Waals surface area (Å²) in [4.78, 5) is 34.9. The molecule has 0 bridgehead atoms. The van der Waals surface area contributed by atoms with E-state index < -0.39 is 39.8 Å². The van der Waals surface area contributed by atoms with Gasteiger partial charge in [0.2, 0.25) is 0 Å². The summed E-state index contributed by atoms with van der Waals surface area (Å²) in [7, 11) is -8.85. The third kappa shape index (κ3) is 8.35. The summed E-state index contributed by atoms with van der Waals surface area (Å²) in [6.07, 6.45) is -2.37. The number of aliphatic hydroxyl groups is 1. The molecule has 8 N–H and O–H groups in total. The molecule has 0 aromatic heterocycles. The minimum absolute atomic E-state index is 0.281. The summed E-state index contributed by atoms with van der Waals surface area (Å²) in [5.74, 6) is -1.43. The van der Waals surface area contributed by atoms with Crippen molar-refractivity contribution in [3.05, 3.63) is 0 Å². The molecule has 0 fully saturated rings. The minimum Gasteiger partial charge on any atom is -0.377 e. The fourth-order valence-electron chi connectivity index (χ4n) is 0.936. The lowest BCUT2D eigenvalue weighted by Gasteiger charge is -2.20. The summed E-state index contributed by atoms with van der Waals surface area (Å²) in [5.41, 5.74) is 4.95. The summed E-state index contributed by atoms with van der Waals surface area (Å²) >= 11 is 0. The van der Waals surface area contributed by atoms with Crippen molar-refractivity contribution in [1.82, 2.24) is 5.32 Å². The van der Waals surface area contributed by atoms with Crippen LogP contribution in [0.15, 0.2) is 0 Å². The maximum atomic E-state index is 10.9. The van der Waals surface area contributed by atoms with Crippen molar-refractivity contribution in [3.63, 3.8) is 0 Å². The van der Waals surface area contributed by atoms with Crippen molar-refractivity contribution in [1.29, 1.82) is 0 Å². The molecule has 0 amide bonds. The fraction of sp³-hybridized carbons (Fsp3) is 1.00. The number of rotatable bonds is 7. The lowest BCUT2D eigenvalue weighted by atomic mass is 10.4. The van der Waals surface area contributed by atoms with Gasteiger partial charge in [-0.15, -0.1) is 0 Å². The van der Waals surface area contributed by atoms with E-state index in [4.69, 9.17) is 30.4 Å². The van der Waals surface area contributed by atoms with E-state index in [2.05, 4.69) is 5.32 Å². The molecule has 2 unspecified atom stereocenters. The molecule has 0 aliphatic carbocycles. The molecule has 0 aliphatic rings. The Balaban J connectivity index is 4.35. The van der Waals surface area contributed by atoms with Crippen LogP contribution < -0.4 is 11.1 Å². The maximum absolute atomic E-state index is 10.9. The first-order valence-electron chi connectivity index (χ1n) is 4.29. The van der Waals surface area contributed by atoms with Crippen LogP contribution in [0.4, 0.5) is 0 Å². The molecular formula is C5H16N2O7P2. The zero-order valence-electron chi connectivity index (χ0n) is 8.30. The molecule has 0 radical (unpaired) electrons. The van der Waals surface area contributed by atoms with Crippen LogP contribution in [0.5, 0.6) is 0 Å². The first-order valence-corrected chi connectivity index (χ1v) is 7.77. The topological polar surface area (TPSA) is 173 Å². The van der Waals surface area contributed by atoms with Crippen molar-refractivity contribution >= 4 is 15.2 Å². The molecule has 0 rings (SSSR count). The first-order chi connectivity index (χ1) is 7.02. The molecule has 0 saturated heterocycles. The Labute approximate surface area is 92.0 Å². The molecule has 9 nitrogen and oxygen atoms in total. The minimum atomic E-state index is -4.54. The van der Waals surface area contributed by atoms with E-state index >= 15 is 0 Å². The third-order valence-corrected chi connectivity index (χ3v) is 3.76. The van der Waals surface area contributed by atoms with Gasteiger partial charge in [0.25, 0.3) is 0 Å². The second-order valence-corrected chi connectivity index (χ2v) is 6.84. The van der Waals surface area contributed by atoms with Crippen LogP contribution in [-0.4, -0.2) is 49.4 Å². The summed E-state index contributed by atoms with van der Waals surface area (Å²) < 4.78 is 21.5. The summed E-state index contributed by atoms with van der Waals surface area (Å²) in [6, 6.07) is 0. The van der Waals surface area contributed by atoms with Gasteiger partial charge in [-0.2, -0.15) is 0 Å². The highest BCUT2D eigenvalue weighted by molar-refractivity contribution is 7.53. The van der Waals surface area contributed by atoms with Crippen LogP contribution in [0.25, 0.3) is 0 Å². The molecule has 11 heteroatoms. The number of hydrogen-bond acceptors (Lipinski definition) is 5. The van der Waals surface area contributed by atoms with Gasteiger partial charge in [-0.25, -0.2) is 0 Å². The molecule has 2 atom stereocenters. The van der Waals surface area contributed by atoms with E-state index in [-0.39, 0.29) is 6.54 Å². The first kappa shape index (κ1) is 16.2. The van der Waals surface area contributed by atoms with Crippen LogP contribution in [-0.2, 0) is 9.13 Å². The second-order valence-electron chi connectivity index (χ2n) is 3.26. The standard InChI is InChI=1S/C5H16N2O7P2/c6-4(8)3-7-5(16(12,13)14)1-2-15(9,10)11/h4-5,7-8H,1-3,6H2,(H2,9,10,11)(H2,12,13,14). The van der Waals surface area contributed by atoms with E-state index in [9.17, 15) is 9.13 Å². The van der Waals surface area contributed by atoms with Crippen LogP contribution in [0.2, 0.25) is 0 Å². The van der Waals surface area contributed by atoms with Crippen LogP contribution in [0.1, 0.15) is 6.42 Å². The smallest absolute Gasteiger partial charge is 0.342 e. The van der Waals surface area contributed by atoms with Gasteiger partial charge in [0.15, 0.2) is 0 Å². The molecular weight excluding hydrogens is 262 g/mol. The van der Waals surface area contributed by atoms with Crippen molar-refractivity contribution in [2.45, 2.75) is 18.4 Å². The Morgan fingerprint density at radius 3 is 2.00 bits per heavy atom. The largest absolute Gasteiger partial charge is 0.377 e. The summed E-state index contributed by atoms with van der Waals surface area (Å²) in [6.45, 7) is -0.281. The molecule has 0 aromatic carbocycles. The average Bonchev–Trinajstić information content (AvgIpc) is 1.98. The Morgan fingerprint density at radius 1 is 1.19 bits per heavy atom. The van der Waals surface area contributed by atoms with Gasteiger partial charge in [-0.05, 0) is 6.42 Å². The van der Waals surface area contributed by atoms with Crippen molar-refractivity contribution in [2.75, 3.05) is 12.7 Å². The van der Waals surface area contributed by atoms with Crippen molar-refractivity contribution in [3.8, 4) is 0 Å². The van der Waals surface area contributed by atoms with E-state index in [0.29, 0.717) is 0 Å². The molecule has 0 aliphatic heterocycles. The zero-order valence-corrected chi connectivity index (χ0v) is 10.1. The Hall–Kier alpha value is 0.180. The molecule has 0 saturated carbocycles. The Bertz CT molecular complexity index is 297. The predicted molar refractivity (Wildman–Crippen MR) is 55.6 cm³/mol. The van der Waals surface area contributed by atoms with Crippen LogP contribution in [0.3, 0.4) is 0 Å². The SMILES string of the molecule is NC(O)CNC(CCP(=O)(O)O)P(=O)(O)O. The Kier molecular flexibility index (Phi) is 6.27. The molecule has 0 spiro atoms. The predicted octanol–water partition coefficient (Wildman–Crippen LogP) is -2.08. The average molecular weight is 278 g/mol. The van der Waals surface area contributed by atoms with Gasteiger partial charge in [0, 0.05) is 6.54 Å². The van der Waals surface area contributed by atoms with Gasteiger partial charge >= 0.3 is 15.2 Å². The third-order valence-electron chi connectivity index (χ3n) is 1.66. The monoisotopic (exact) mass is 278 g/mol. The van der Waals surface area contributed by atoms with E-state index in [1.54, 1.807) is 0 Å². The van der Waals surface area contributed by atoms with E-state index in [1.807, 2.05) is 0 Å². The highest BCUT2D eigenvalue weighted by Crippen LogP contribution is 2.44. The van der Waals surface area contributed by atoms with Gasteiger partial charge in [-0.3, -0.25) is 14.4 Å². The molecule has 0 heterocycles. The quantitative estimate of drug-likeness (QED) is 0.204. The van der Waals surface area contributed by atoms with E-state index in [0.717, 1.165) is 0 Å². The van der Waals surface area contributed by atoms with Crippen LogP contribution in [0, 0.1) is 0 Å². The van der Waals surface area contributed by atoms with Crippen LogP contribution >= 0.6 is 15.2 Å². The van der Waals surface area contributed by atoms with E-state index in [1.165, 1.54) is 0 Å². The fourth-order valence-corrected chi connectivity index (χ4v) is 2.54. The molecule has 98 valence electrons. The Morgan fingerprint density at radius 2 is 1.69 bits per heavy atom. The molecule has 16 heavy (non-hydrogen) atoms. The second kappa shape index (κ2) is 6.20. The summed E-state index contributed by atoms with van der Waals surface area (Å²) in [5, 5.41) is 11.0. The van der Waals surface area contributed by atoms with Crippen molar-refractivity contribution in [2.24, 2.45) is 5.73 Å². The lowest BCUT2D eigenvalue weighted by Crippen LogP contribution is -2.39. The number of nitrogens with one attached hydrogen (secondary N) is 1. The number of aliphatic hydroxyl groups excluding tert-OH is 1. The van der Waals surface area contributed by atoms with Gasteiger partial charge in [0.1, 0.15) is 12.0 Å². The highest BCUT2D eigenvalue weighted by Gasteiger charge is 2.30. The normalized spacial score (nSPS) is 17.1. The molecule has 0 aromatic rings. The number of nitrogens with two attached hydrogens (primary N) is 1. The lowest BCUT2D eigenvalue weighted by molar-refractivity contribution is 0.176. The van der Waals surface area contributed by atoms with Gasteiger partial charge in [0.05, 0.1) is 6.16 Å². The van der Waals surface area contributed by atoms with Gasteiger partial charge < -0.3 is 30.4 Å². The zero-order chi connectivity index (χ0) is 13.0. The van der Waals surface area contributed by atoms with Crippen molar-refractivity contribution < 1.29 is 33.8 Å². The maximum Gasteiger partial charge on any atom is 0.342 e. The van der Waals surface area contributed by atoms with Gasteiger partial charge in [-0.1, -0.05) is 0 Å². The highest BCUT2D eigenvalue weighted by atomic mass is 31.2.